The van der Waals surface area contributed by atoms with Gasteiger partial charge in [0.05, 0.1) is 11.4 Å². The molecule has 0 bridgehead atoms. The van der Waals surface area contributed by atoms with Crippen molar-refractivity contribution in [3.8, 4) is 0 Å². The third-order valence-corrected chi connectivity index (χ3v) is 8.53. The van der Waals surface area contributed by atoms with Gasteiger partial charge in [-0.3, -0.25) is 19.6 Å². The smallest absolute Gasteiger partial charge is 0.169 e. The van der Waals surface area contributed by atoms with E-state index < -0.39 is 0 Å². The lowest BCUT2D eigenvalue weighted by Gasteiger charge is -2.05. The summed E-state index contributed by atoms with van der Waals surface area (Å²) in [5.74, 6) is 0.177. The number of hydrogen-bond acceptors (Lipinski definition) is 6. The molecule has 0 spiro atoms. The van der Waals surface area contributed by atoms with Gasteiger partial charge in [0.25, 0.3) is 0 Å². The zero-order valence-corrected chi connectivity index (χ0v) is 26.5. The Morgan fingerprint density at radius 1 is 0.556 bits per heavy atom. The first kappa shape index (κ1) is 31.4. The number of nitrogens with zero attached hydrogens (tertiary/aromatic N) is 2. The van der Waals surface area contributed by atoms with E-state index in [0.717, 1.165) is 32.3 Å². The van der Waals surface area contributed by atoms with Gasteiger partial charge in [-0.15, -0.1) is 22.7 Å². The quantitative estimate of drug-likeness (QED) is 0.112. The van der Waals surface area contributed by atoms with E-state index in [1.807, 2.05) is 139 Å². The van der Waals surface area contributed by atoms with Crippen LogP contribution >= 0.6 is 22.7 Å². The van der Waals surface area contributed by atoms with Crippen LogP contribution in [0.15, 0.2) is 149 Å². The minimum Gasteiger partial charge on any atom is -0.294 e. The number of thiophene rings is 2. The maximum absolute atomic E-state index is 12.6. The van der Waals surface area contributed by atoms with Crippen LogP contribution in [0.3, 0.4) is 0 Å². The molecule has 6 aromatic rings. The van der Waals surface area contributed by atoms with Crippen molar-refractivity contribution in [2.24, 2.45) is 9.98 Å². The summed E-state index contributed by atoms with van der Waals surface area (Å²) in [6.07, 6.45) is 4.42. The minimum atomic E-state index is 0.0881. The average Bonchev–Trinajstić information content (AvgIpc) is 3.76. The zero-order chi connectivity index (χ0) is 31.3. The van der Waals surface area contributed by atoms with Gasteiger partial charge in [0.1, 0.15) is 0 Å². The molecule has 0 fully saturated rings. The number of benzene rings is 4. The van der Waals surface area contributed by atoms with Crippen molar-refractivity contribution >= 4 is 58.0 Å². The Morgan fingerprint density at radius 2 is 1.04 bits per heavy atom. The Bertz CT molecular complexity index is 1890. The molecule has 0 atom stereocenters. The number of rotatable bonds is 10. The summed E-state index contributed by atoms with van der Waals surface area (Å²) in [6, 6.07) is 42.7. The molecule has 6 heteroatoms. The van der Waals surface area contributed by atoms with Crippen molar-refractivity contribution < 1.29 is 9.59 Å². The summed E-state index contributed by atoms with van der Waals surface area (Å²) in [4.78, 5) is 37.5. The first-order valence-electron chi connectivity index (χ1n) is 14.6. The standard InChI is InChI=1S/C20H17NOS.C19H15NOS/c1-15-11-12-17(23-15)14-21-19-10-6-5-9-18(19)20(22)13-16-7-3-2-4-8-16;21-19(13-15-7-2-1-3-8-15)17-10-4-5-11-18(17)20-14-16-9-6-12-22-16/h2-12,14H,13H2,1H3;1-12,14H,13H2. The number of ketones is 2. The van der Waals surface area contributed by atoms with Gasteiger partial charge in [-0.1, -0.05) is 91.0 Å². The predicted octanol–water partition coefficient (Wildman–Crippen LogP) is 10.2. The highest BCUT2D eigenvalue weighted by molar-refractivity contribution is 7.13. The van der Waals surface area contributed by atoms with Gasteiger partial charge in [0.15, 0.2) is 11.6 Å². The lowest BCUT2D eigenvalue weighted by atomic mass is 10.0. The van der Waals surface area contributed by atoms with Gasteiger partial charge in [0.2, 0.25) is 0 Å². The number of aryl methyl sites for hydroxylation is 1. The monoisotopic (exact) mass is 624 g/mol. The molecular formula is C39H32N2O2S2. The van der Waals surface area contributed by atoms with Gasteiger partial charge in [-0.25, -0.2) is 0 Å². The van der Waals surface area contributed by atoms with Crippen molar-refractivity contribution in [1.29, 1.82) is 0 Å². The van der Waals surface area contributed by atoms with Crippen molar-refractivity contribution in [2.45, 2.75) is 19.8 Å². The van der Waals surface area contributed by atoms with Crippen LogP contribution in [-0.4, -0.2) is 24.0 Å². The second-order valence-corrected chi connectivity index (χ2v) is 12.5. The molecule has 0 N–H and O–H groups in total. The summed E-state index contributed by atoms with van der Waals surface area (Å²) >= 11 is 3.31. The number of hydrogen-bond donors (Lipinski definition) is 0. The van der Waals surface area contributed by atoms with Crippen LogP contribution in [0.4, 0.5) is 11.4 Å². The molecule has 0 amide bonds. The Balaban J connectivity index is 0.000000178. The summed E-state index contributed by atoms with van der Waals surface area (Å²) in [6.45, 7) is 2.07. The second kappa shape index (κ2) is 16.1. The molecule has 0 aliphatic heterocycles. The SMILES string of the molecule is Cc1ccc(C=Nc2ccccc2C(=O)Cc2ccccc2)s1.O=C(Cc1ccccc1)c1ccccc1N=Cc1cccs1. The second-order valence-electron chi connectivity index (χ2n) is 10.2. The summed E-state index contributed by atoms with van der Waals surface area (Å²) in [5.41, 5.74) is 4.81. The lowest BCUT2D eigenvalue weighted by molar-refractivity contribution is 0.0985. The fourth-order valence-corrected chi connectivity index (χ4v) is 5.89. The first-order valence-corrected chi connectivity index (χ1v) is 16.2. The molecule has 0 aliphatic rings. The summed E-state index contributed by atoms with van der Waals surface area (Å²) in [7, 11) is 0. The normalized spacial score (nSPS) is 11.0. The van der Waals surface area contributed by atoms with Crippen LogP contribution in [0.1, 0.15) is 46.5 Å². The fraction of sp³-hybridized carbons (Fsp3) is 0.0769. The van der Waals surface area contributed by atoms with E-state index in [-0.39, 0.29) is 11.6 Å². The Morgan fingerprint density at radius 3 is 1.51 bits per heavy atom. The number of carbonyl (C=O) groups excluding carboxylic acids is 2. The number of carbonyl (C=O) groups is 2. The van der Waals surface area contributed by atoms with Crippen LogP contribution in [0.5, 0.6) is 0 Å². The molecule has 222 valence electrons. The molecule has 45 heavy (non-hydrogen) atoms. The summed E-state index contributed by atoms with van der Waals surface area (Å²) in [5, 5.41) is 2.01. The summed E-state index contributed by atoms with van der Waals surface area (Å²) < 4.78 is 0. The molecule has 0 radical (unpaired) electrons. The number of para-hydroxylation sites is 2. The average molecular weight is 625 g/mol. The maximum Gasteiger partial charge on any atom is 0.169 e. The topological polar surface area (TPSA) is 58.9 Å². The third kappa shape index (κ3) is 9.47. The number of Topliss-reactive ketones (excluding diaryl/α,β-unsaturated/α-hetero) is 2. The molecule has 4 aromatic carbocycles. The van der Waals surface area contributed by atoms with Crippen LogP contribution in [-0.2, 0) is 12.8 Å². The van der Waals surface area contributed by atoms with Crippen molar-refractivity contribution in [2.75, 3.05) is 0 Å². The van der Waals surface area contributed by atoms with E-state index in [1.54, 1.807) is 28.9 Å². The highest BCUT2D eigenvalue weighted by atomic mass is 32.1. The van der Waals surface area contributed by atoms with E-state index in [9.17, 15) is 9.59 Å². The maximum atomic E-state index is 12.6. The molecule has 0 aliphatic carbocycles. The van der Waals surface area contributed by atoms with Gasteiger partial charge < -0.3 is 0 Å². The Hall–Kier alpha value is -5.04. The number of aliphatic imine (C=N–C) groups is 2. The molecule has 0 unspecified atom stereocenters. The Labute approximate surface area is 272 Å². The highest BCUT2D eigenvalue weighted by Gasteiger charge is 2.12. The molecule has 0 saturated heterocycles. The van der Waals surface area contributed by atoms with Gasteiger partial charge in [-0.2, -0.15) is 0 Å². The largest absolute Gasteiger partial charge is 0.294 e. The van der Waals surface area contributed by atoms with Crippen LogP contribution in [0, 0.1) is 6.92 Å². The molecule has 6 rings (SSSR count). The van der Waals surface area contributed by atoms with Crippen LogP contribution < -0.4 is 0 Å². The van der Waals surface area contributed by atoms with E-state index >= 15 is 0 Å². The minimum absolute atomic E-state index is 0.0881. The highest BCUT2D eigenvalue weighted by Crippen LogP contribution is 2.23. The van der Waals surface area contributed by atoms with E-state index in [1.165, 1.54) is 4.88 Å². The van der Waals surface area contributed by atoms with Gasteiger partial charge >= 0.3 is 0 Å². The first-order chi connectivity index (χ1) is 22.0. The van der Waals surface area contributed by atoms with E-state index in [2.05, 4.69) is 23.0 Å². The third-order valence-electron chi connectivity index (χ3n) is 6.79. The molecule has 2 aromatic heterocycles. The molecule has 4 nitrogen and oxygen atoms in total. The van der Waals surface area contributed by atoms with Crippen molar-refractivity contribution in [3.63, 3.8) is 0 Å². The molecular weight excluding hydrogens is 593 g/mol. The fourth-order valence-electron chi connectivity index (χ4n) is 4.55. The predicted molar refractivity (Wildman–Crippen MR) is 190 cm³/mol. The molecule has 2 heterocycles. The van der Waals surface area contributed by atoms with Crippen LogP contribution in [0.25, 0.3) is 0 Å². The Kier molecular flexibility index (Phi) is 11.3. The van der Waals surface area contributed by atoms with Crippen molar-refractivity contribution in [3.05, 3.63) is 176 Å². The lowest BCUT2D eigenvalue weighted by Crippen LogP contribution is -2.03. The van der Waals surface area contributed by atoms with E-state index in [4.69, 9.17) is 0 Å². The van der Waals surface area contributed by atoms with Gasteiger partial charge in [-0.05, 0) is 65.9 Å². The van der Waals surface area contributed by atoms with Gasteiger partial charge in [0, 0.05) is 51.0 Å². The van der Waals surface area contributed by atoms with Crippen molar-refractivity contribution in [1.82, 2.24) is 0 Å². The van der Waals surface area contributed by atoms with Crippen LogP contribution in [0.2, 0.25) is 0 Å². The van der Waals surface area contributed by atoms with E-state index in [0.29, 0.717) is 24.0 Å². The molecule has 0 saturated carbocycles. The zero-order valence-electron chi connectivity index (χ0n) is 24.9.